The third-order valence-electron chi connectivity index (χ3n) is 5.03. The first-order chi connectivity index (χ1) is 13.6. The molecular formula is C24H23N3O. The Morgan fingerprint density at radius 3 is 2.50 bits per heavy atom. The van der Waals surface area contributed by atoms with Crippen LogP contribution in [0.1, 0.15) is 27.2 Å². The first-order valence-corrected chi connectivity index (χ1v) is 9.39. The van der Waals surface area contributed by atoms with Gasteiger partial charge in [0.05, 0.1) is 5.56 Å². The van der Waals surface area contributed by atoms with Gasteiger partial charge in [-0.2, -0.15) is 0 Å². The highest BCUT2D eigenvalue weighted by molar-refractivity contribution is 5.93. The smallest absolute Gasteiger partial charge is 0.255 e. The van der Waals surface area contributed by atoms with Gasteiger partial charge in [-0.25, -0.2) is 0 Å². The number of fused-ring (bicyclic) bond motifs is 1. The standard InChI is InChI=1S/C24H23N3O/c1-26-17-20(22-10-6-7-11-23(22)26)14-21-13-12-19(15-25-21)24(28)27(2)16-18-8-4-3-5-9-18/h3-13,15,17H,14,16H2,1-2H3. The van der Waals surface area contributed by atoms with Crippen LogP contribution in [0.3, 0.4) is 0 Å². The average molecular weight is 369 g/mol. The SMILES string of the molecule is CN(Cc1ccccc1)C(=O)c1ccc(Cc2cn(C)c3ccccc23)nc1. The largest absolute Gasteiger partial charge is 0.350 e. The molecule has 0 aliphatic heterocycles. The fourth-order valence-electron chi connectivity index (χ4n) is 3.57. The van der Waals surface area contributed by atoms with E-state index in [0.717, 1.165) is 17.7 Å². The minimum atomic E-state index is -0.0203. The molecule has 2 aromatic heterocycles. The number of hydrogen-bond donors (Lipinski definition) is 0. The Kier molecular flexibility index (Phi) is 4.94. The first-order valence-electron chi connectivity index (χ1n) is 9.39. The fraction of sp³-hybridized carbons (Fsp3) is 0.167. The van der Waals surface area contributed by atoms with Crippen molar-refractivity contribution in [2.24, 2.45) is 7.05 Å². The summed E-state index contributed by atoms with van der Waals surface area (Å²) in [5, 5.41) is 1.24. The number of carbonyl (C=O) groups is 1. The minimum absolute atomic E-state index is 0.0203. The van der Waals surface area contributed by atoms with E-state index in [4.69, 9.17) is 0 Å². The van der Waals surface area contributed by atoms with Crippen molar-refractivity contribution < 1.29 is 4.79 Å². The van der Waals surface area contributed by atoms with Crippen LogP contribution >= 0.6 is 0 Å². The van der Waals surface area contributed by atoms with Crippen molar-refractivity contribution in [3.05, 3.63) is 102 Å². The van der Waals surface area contributed by atoms with Crippen LogP contribution in [0.4, 0.5) is 0 Å². The molecule has 28 heavy (non-hydrogen) atoms. The molecule has 0 aliphatic carbocycles. The Labute approximate surface area is 165 Å². The predicted molar refractivity (Wildman–Crippen MR) is 112 cm³/mol. The molecule has 4 aromatic rings. The van der Waals surface area contributed by atoms with Gasteiger partial charge in [-0.05, 0) is 29.3 Å². The second-order valence-electron chi connectivity index (χ2n) is 7.14. The van der Waals surface area contributed by atoms with E-state index in [9.17, 15) is 4.79 Å². The van der Waals surface area contributed by atoms with Crippen LogP contribution < -0.4 is 0 Å². The Balaban J connectivity index is 1.48. The van der Waals surface area contributed by atoms with Crippen molar-refractivity contribution in [3.63, 3.8) is 0 Å². The van der Waals surface area contributed by atoms with Gasteiger partial charge in [0.15, 0.2) is 0 Å². The van der Waals surface area contributed by atoms with Crippen molar-refractivity contribution in [2.45, 2.75) is 13.0 Å². The number of hydrogen-bond acceptors (Lipinski definition) is 2. The van der Waals surface area contributed by atoms with Crippen LogP contribution in [0, 0.1) is 0 Å². The first kappa shape index (κ1) is 18.0. The average Bonchev–Trinajstić information content (AvgIpc) is 3.04. The molecule has 4 nitrogen and oxygen atoms in total. The van der Waals surface area contributed by atoms with Crippen molar-refractivity contribution in [1.82, 2.24) is 14.5 Å². The summed E-state index contributed by atoms with van der Waals surface area (Å²) >= 11 is 0. The monoisotopic (exact) mass is 369 g/mol. The highest BCUT2D eigenvalue weighted by Crippen LogP contribution is 2.22. The van der Waals surface area contributed by atoms with Gasteiger partial charge in [0.25, 0.3) is 5.91 Å². The number of benzene rings is 2. The molecule has 0 radical (unpaired) electrons. The van der Waals surface area contributed by atoms with E-state index >= 15 is 0 Å². The third-order valence-corrected chi connectivity index (χ3v) is 5.03. The number of carbonyl (C=O) groups excluding carboxylic acids is 1. The highest BCUT2D eigenvalue weighted by atomic mass is 16.2. The van der Waals surface area contributed by atoms with Crippen molar-refractivity contribution in [1.29, 1.82) is 0 Å². The molecule has 2 heterocycles. The highest BCUT2D eigenvalue weighted by Gasteiger charge is 2.13. The maximum Gasteiger partial charge on any atom is 0.255 e. The van der Waals surface area contributed by atoms with Crippen LogP contribution in [-0.2, 0) is 20.0 Å². The van der Waals surface area contributed by atoms with E-state index in [0.29, 0.717) is 12.1 Å². The van der Waals surface area contributed by atoms with Gasteiger partial charge in [-0.15, -0.1) is 0 Å². The Hall–Kier alpha value is -3.40. The summed E-state index contributed by atoms with van der Waals surface area (Å²) in [5.74, 6) is -0.0203. The Morgan fingerprint density at radius 2 is 1.75 bits per heavy atom. The molecule has 0 spiro atoms. The van der Waals surface area contributed by atoms with E-state index in [1.54, 1.807) is 11.1 Å². The van der Waals surface area contributed by atoms with Crippen LogP contribution in [0.25, 0.3) is 10.9 Å². The number of rotatable bonds is 5. The summed E-state index contributed by atoms with van der Waals surface area (Å²) in [7, 11) is 3.88. The summed E-state index contributed by atoms with van der Waals surface area (Å²) in [6.07, 6.45) is 4.58. The fourth-order valence-corrected chi connectivity index (χ4v) is 3.57. The number of amides is 1. The molecule has 0 aliphatic rings. The molecule has 0 atom stereocenters. The molecule has 1 amide bonds. The number of aromatic nitrogens is 2. The van der Waals surface area contributed by atoms with E-state index in [1.165, 1.54) is 16.5 Å². The van der Waals surface area contributed by atoms with E-state index in [-0.39, 0.29) is 5.91 Å². The second kappa shape index (κ2) is 7.69. The third kappa shape index (κ3) is 3.67. The molecule has 0 N–H and O–H groups in total. The molecule has 4 rings (SSSR count). The molecule has 0 unspecified atom stereocenters. The lowest BCUT2D eigenvalue weighted by atomic mass is 10.1. The summed E-state index contributed by atoms with van der Waals surface area (Å²) in [6.45, 7) is 0.581. The molecule has 0 saturated carbocycles. The summed E-state index contributed by atoms with van der Waals surface area (Å²) < 4.78 is 2.14. The van der Waals surface area contributed by atoms with Crippen molar-refractivity contribution >= 4 is 16.8 Å². The Morgan fingerprint density at radius 1 is 1.00 bits per heavy atom. The van der Waals surface area contributed by atoms with Gasteiger partial charge in [-0.3, -0.25) is 9.78 Å². The molecular weight excluding hydrogens is 346 g/mol. The lowest BCUT2D eigenvalue weighted by molar-refractivity contribution is 0.0784. The van der Waals surface area contributed by atoms with Gasteiger partial charge in [-0.1, -0.05) is 48.5 Å². The van der Waals surface area contributed by atoms with Gasteiger partial charge >= 0.3 is 0 Å². The van der Waals surface area contributed by atoms with Gasteiger partial charge in [0.2, 0.25) is 0 Å². The normalized spacial score (nSPS) is 10.9. The van der Waals surface area contributed by atoms with Gasteiger partial charge in [0.1, 0.15) is 0 Å². The molecule has 0 fully saturated rings. The minimum Gasteiger partial charge on any atom is -0.350 e. The van der Waals surface area contributed by atoms with Crippen LogP contribution in [0.2, 0.25) is 0 Å². The molecule has 140 valence electrons. The number of aryl methyl sites for hydroxylation is 1. The second-order valence-corrected chi connectivity index (χ2v) is 7.14. The summed E-state index contributed by atoms with van der Waals surface area (Å²) in [4.78, 5) is 18.9. The zero-order valence-corrected chi connectivity index (χ0v) is 16.2. The van der Waals surface area contributed by atoms with E-state index in [1.807, 2.05) is 49.5 Å². The van der Waals surface area contributed by atoms with E-state index < -0.39 is 0 Å². The number of pyridine rings is 1. The zero-order chi connectivity index (χ0) is 19.5. The quantitative estimate of drug-likeness (QED) is 0.522. The van der Waals surface area contributed by atoms with Crippen LogP contribution in [0.15, 0.2) is 79.1 Å². The predicted octanol–water partition coefficient (Wildman–Crippen LogP) is 4.44. The number of nitrogens with zero attached hydrogens (tertiary/aromatic N) is 3. The van der Waals surface area contributed by atoms with Crippen LogP contribution in [0.5, 0.6) is 0 Å². The van der Waals surface area contributed by atoms with Gasteiger partial charge in [0, 0.05) is 56.1 Å². The van der Waals surface area contributed by atoms with E-state index in [2.05, 4.69) is 47.1 Å². The zero-order valence-electron chi connectivity index (χ0n) is 16.2. The maximum atomic E-state index is 12.7. The molecule has 0 bridgehead atoms. The van der Waals surface area contributed by atoms with Crippen molar-refractivity contribution in [2.75, 3.05) is 7.05 Å². The maximum absolute atomic E-state index is 12.7. The number of para-hydroxylation sites is 1. The van der Waals surface area contributed by atoms with Gasteiger partial charge < -0.3 is 9.47 Å². The lowest BCUT2D eigenvalue weighted by Gasteiger charge is -2.17. The molecule has 4 heteroatoms. The summed E-state index contributed by atoms with van der Waals surface area (Å²) in [5.41, 5.74) is 5.13. The van der Waals surface area contributed by atoms with Crippen molar-refractivity contribution in [3.8, 4) is 0 Å². The molecule has 0 saturated heterocycles. The topological polar surface area (TPSA) is 38.1 Å². The van der Waals surface area contributed by atoms with Crippen LogP contribution in [-0.4, -0.2) is 27.4 Å². The lowest BCUT2D eigenvalue weighted by Crippen LogP contribution is -2.26. The summed E-state index contributed by atoms with van der Waals surface area (Å²) in [6, 6.07) is 22.2. The molecule has 2 aromatic carbocycles. The Bertz CT molecular complexity index is 1100.